The van der Waals surface area contributed by atoms with Gasteiger partial charge in [-0.2, -0.15) is 0 Å². The molecule has 0 spiro atoms. The molecule has 0 saturated carbocycles. The van der Waals surface area contributed by atoms with E-state index in [0.717, 1.165) is 11.1 Å². The molecule has 1 aliphatic rings. The molecule has 1 heterocycles. The van der Waals surface area contributed by atoms with Crippen LogP contribution in [0.1, 0.15) is 11.1 Å². The molecule has 1 aliphatic heterocycles. The highest BCUT2D eigenvalue weighted by Gasteiger charge is 2.45. The van der Waals surface area contributed by atoms with Gasteiger partial charge in [-0.15, -0.1) is 0 Å². The van der Waals surface area contributed by atoms with E-state index >= 15 is 0 Å². The molecule has 0 radical (unpaired) electrons. The van der Waals surface area contributed by atoms with E-state index < -0.39 is 31.0 Å². The van der Waals surface area contributed by atoms with Gasteiger partial charge in [0, 0.05) is 17.6 Å². The fourth-order valence-electron chi connectivity index (χ4n) is 3.18. The Labute approximate surface area is 159 Å². The summed E-state index contributed by atoms with van der Waals surface area (Å²) in [6.45, 7) is 2.38. The van der Waals surface area contributed by atoms with Crippen LogP contribution in [0.15, 0.2) is 53.4 Å². The average molecular weight is 414 g/mol. The number of nitrogens with one attached hydrogen (secondary N) is 1. The number of aryl methyl sites for hydroxylation is 1. The lowest BCUT2D eigenvalue weighted by Gasteiger charge is -2.20. The van der Waals surface area contributed by atoms with Crippen LogP contribution in [0.4, 0.5) is 0 Å². The molecule has 0 bridgehead atoms. The molecule has 1 N–H and O–H groups in total. The summed E-state index contributed by atoms with van der Waals surface area (Å²) in [4.78, 5) is 0.0892. The van der Waals surface area contributed by atoms with Gasteiger partial charge in [-0.05, 0) is 36.8 Å². The van der Waals surface area contributed by atoms with Gasteiger partial charge in [0.1, 0.15) is 0 Å². The van der Waals surface area contributed by atoms with Crippen molar-refractivity contribution in [1.82, 2.24) is 5.32 Å². The summed E-state index contributed by atoms with van der Waals surface area (Å²) in [5.74, 6) is -0.556. The fourth-order valence-corrected chi connectivity index (χ4v) is 8.02. The Morgan fingerprint density at radius 2 is 1.81 bits per heavy atom. The maximum absolute atomic E-state index is 13.0. The van der Waals surface area contributed by atoms with Crippen molar-refractivity contribution in [1.29, 1.82) is 0 Å². The minimum atomic E-state index is -3.79. The smallest absolute Gasteiger partial charge is 0.183 e. The molecule has 0 aromatic heterocycles. The molecule has 5 nitrogen and oxygen atoms in total. The van der Waals surface area contributed by atoms with E-state index in [1.165, 1.54) is 24.3 Å². The summed E-state index contributed by atoms with van der Waals surface area (Å²) < 4.78 is 50.2. The lowest BCUT2D eigenvalue weighted by atomic mass is 10.1. The van der Waals surface area contributed by atoms with Crippen molar-refractivity contribution in [3.8, 4) is 0 Å². The molecule has 1 fully saturated rings. The second kappa shape index (κ2) is 7.31. The molecule has 1 saturated heterocycles. The lowest BCUT2D eigenvalue weighted by Crippen LogP contribution is -2.43. The minimum absolute atomic E-state index is 0.0892. The van der Waals surface area contributed by atoms with Gasteiger partial charge in [0.05, 0.1) is 21.7 Å². The largest absolute Gasteiger partial charge is 0.308 e. The quantitative estimate of drug-likeness (QED) is 0.813. The van der Waals surface area contributed by atoms with Crippen LogP contribution in [0, 0.1) is 6.92 Å². The van der Waals surface area contributed by atoms with Gasteiger partial charge >= 0.3 is 0 Å². The van der Waals surface area contributed by atoms with Crippen molar-refractivity contribution >= 4 is 31.3 Å². The Bertz CT molecular complexity index is 1000. The summed E-state index contributed by atoms with van der Waals surface area (Å²) in [7, 11) is -7.21. The van der Waals surface area contributed by atoms with Gasteiger partial charge in [0.25, 0.3) is 0 Å². The Morgan fingerprint density at radius 1 is 1.12 bits per heavy atom. The molecule has 26 heavy (non-hydrogen) atoms. The van der Waals surface area contributed by atoms with E-state index in [4.69, 9.17) is 11.6 Å². The summed E-state index contributed by atoms with van der Waals surface area (Å²) in [5, 5.41) is 2.55. The predicted molar refractivity (Wildman–Crippen MR) is 103 cm³/mol. The van der Waals surface area contributed by atoms with Crippen molar-refractivity contribution < 1.29 is 16.8 Å². The van der Waals surface area contributed by atoms with Crippen molar-refractivity contribution in [3.63, 3.8) is 0 Å². The monoisotopic (exact) mass is 413 g/mol. The highest BCUT2D eigenvalue weighted by molar-refractivity contribution is 7.96. The third kappa shape index (κ3) is 4.28. The van der Waals surface area contributed by atoms with Crippen LogP contribution in [-0.2, 0) is 26.2 Å². The highest BCUT2D eigenvalue weighted by atomic mass is 35.5. The van der Waals surface area contributed by atoms with Crippen LogP contribution in [0.2, 0.25) is 5.02 Å². The first-order chi connectivity index (χ1) is 12.2. The van der Waals surface area contributed by atoms with Crippen molar-refractivity contribution in [3.05, 3.63) is 64.7 Å². The zero-order valence-corrected chi connectivity index (χ0v) is 16.6. The van der Waals surface area contributed by atoms with Gasteiger partial charge in [0.15, 0.2) is 19.7 Å². The van der Waals surface area contributed by atoms with Gasteiger partial charge in [-0.1, -0.05) is 41.4 Å². The summed E-state index contributed by atoms with van der Waals surface area (Å²) in [5.41, 5.74) is 2.07. The third-order valence-electron chi connectivity index (χ3n) is 4.49. The molecule has 2 aromatic rings. The van der Waals surface area contributed by atoms with Crippen molar-refractivity contribution in [2.75, 3.05) is 11.5 Å². The number of hydrogen-bond acceptors (Lipinski definition) is 5. The SMILES string of the molecule is Cc1cccc(CN[C@@H]2CS(=O)(=O)C[C@H]2S(=O)(=O)c2ccc(Cl)cc2)c1. The highest BCUT2D eigenvalue weighted by Crippen LogP contribution is 2.27. The Balaban J connectivity index is 1.85. The van der Waals surface area contributed by atoms with Crippen molar-refractivity contribution in [2.45, 2.75) is 29.7 Å². The third-order valence-corrected chi connectivity index (χ3v) is 8.91. The van der Waals surface area contributed by atoms with E-state index in [9.17, 15) is 16.8 Å². The average Bonchev–Trinajstić information content (AvgIpc) is 2.89. The maximum atomic E-state index is 13.0. The normalized spacial score (nSPS) is 22.4. The summed E-state index contributed by atoms with van der Waals surface area (Å²) >= 11 is 5.82. The number of hydrogen-bond donors (Lipinski definition) is 1. The van der Waals surface area contributed by atoms with Crippen LogP contribution >= 0.6 is 11.6 Å². The zero-order valence-electron chi connectivity index (χ0n) is 14.2. The summed E-state index contributed by atoms with van der Waals surface area (Å²) in [6.07, 6.45) is 0. The zero-order chi connectivity index (χ0) is 18.9. The molecule has 3 rings (SSSR count). The van der Waals surface area contributed by atoms with Crippen LogP contribution in [0.5, 0.6) is 0 Å². The fraction of sp³-hybridized carbons (Fsp3) is 0.333. The van der Waals surface area contributed by atoms with Crippen molar-refractivity contribution in [2.24, 2.45) is 0 Å². The van der Waals surface area contributed by atoms with Crippen LogP contribution in [-0.4, -0.2) is 39.6 Å². The maximum Gasteiger partial charge on any atom is 0.183 e. The number of halogens is 1. The van der Waals surface area contributed by atoms with E-state index in [0.29, 0.717) is 11.6 Å². The molecule has 8 heteroatoms. The van der Waals surface area contributed by atoms with Gasteiger partial charge in [-0.25, -0.2) is 16.8 Å². The van der Waals surface area contributed by atoms with E-state index in [1.807, 2.05) is 31.2 Å². The second-order valence-electron chi connectivity index (χ2n) is 6.59. The summed E-state index contributed by atoms with van der Waals surface area (Å²) in [6, 6.07) is 13.0. The van der Waals surface area contributed by atoms with Gasteiger partial charge in [-0.3, -0.25) is 0 Å². The molecule has 0 unspecified atom stereocenters. The van der Waals surface area contributed by atoms with Crippen LogP contribution in [0.25, 0.3) is 0 Å². The number of rotatable bonds is 5. The lowest BCUT2D eigenvalue weighted by molar-refractivity contribution is 0.526. The van der Waals surface area contributed by atoms with Gasteiger partial charge in [0.2, 0.25) is 0 Å². The molecule has 0 aliphatic carbocycles. The van der Waals surface area contributed by atoms with E-state index in [2.05, 4.69) is 5.32 Å². The van der Waals surface area contributed by atoms with E-state index in [1.54, 1.807) is 0 Å². The van der Waals surface area contributed by atoms with Gasteiger partial charge < -0.3 is 5.32 Å². The first-order valence-electron chi connectivity index (χ1n) is 8.16. The predicted octanol–water partition coefficient (Wildman–Crippen LogP) is 2.38. The molecular weight excluding hydrogens is 394 g/mol. The number of benzene rings is 2. The van der Waals surface area contributed by atoms with Crippen LogP contribution in [0.3, 0.4) is 0 Å². The standard InChI is InChI=1S/C18H20ClNO4S2/c1-13-3-2-4-14(9-13)10-20-17-11-25(21,22)12-18(17)26(23,24)16-7-5-15(19)6-8-16/h2-9,17-18,20H,10-12H2,1H3/t17-,18-/m1/s1. The second-order valence-corrected chi connectivity index (χ2v) is 11.3. The first kappa shape index (κ1) is 19.4. The Hall–Kier alpha value is -1.41. The molecule has 2 aromatic carbocycles. The topological polar surface area (TPSA) is 80.3 Å². The minimum Gasteiger partial charge on any atom is -0.308 e. The molecule has 2 atom stereocenters. The first-order valence-corrected chi connectivity index (χ1v) is 11.9. The molecular formula is C18H20ClNO4S2. The van der Waals surface area contributed by atoms with Crippen LogP contribution < -0.4 is 5.32 Å². The van der Waals surface area contributed by atoms with E-state index in [-0.39, 0.29) is 16.4 Å². The Kier molecular flexibility index (Phi) is 5.44. The Morgan fingerprint density at radius 3 is 2.46 bits per heavy atom. The molecule has 140 valence electrons. The number of sulfone groups is 2. The molecule has 0 amide bonds.